The monoisotopic (exact) mass is 360 g/mol. The van der Waals surface area contributed by atoms with Gasteiger partial charge in [-0.1, -0.05) is 0 Å². The normalized spacial score (nSPS) is 26.4. The van der Waals surface area contributed by atoms with Crippen LogP contribution in [0.25, 0.3) is 0 Å². The summed E-state index contributed by atoms with van der Waals surface area (Å²) in [5, 5.41) is 9.13. The largest absolute Gasteiger partial charge is 0.395 e. The molecule has 0 aliphatic carbocycles. The van der Waals surface area contributed by atoms with Crippen LogP contribution >= 0.6 is 0 Å². The third-order valence-electron chi connectivity index (χ3n) is 4.60. The third kappa shape index (κ3) is 3.15. The van der Waals surface area contributed by atoms with Crippen molar-refractivity contribution in [2.24, 2.45) is 0 Å². The average molecular weight is 360 g/mol. The second kappa shape index (κ2) is 6.38. The maximum Gasteiger partial charge on any atom is 0.257 e. The predicted octanol–water partition coefficient (Wildman–Crippen LogP) is -0.119. The van der Waals surface area contributed by atoms with Crippen LogP contribution in [0.3, 0.4) is 0 Å². The first kappa shape index (κ1) is 17.2. The van der Waals surface area contributed by atoms with E-state index in [0.717, 1.165) is 18.2 Å². The van der Waals surface area contributed by atoms with Gasteiger partial charge in [0.2, 0.25) is 0 Å². The third-order valence-corrected chi connectivity index (χ3v) is 6.30. The number of carbonyl (C=O) groups excluding carboxylic acids is 1. The number of β-amino-alcohol motifs (C(OH)–C–C–N with tert-alkyl or cyclic N) is 1. The number of sulfone groups is 1. The predicted molar refractivity (Wildman–Crippen MR) is 82.3 cm³/mol. The molecule has 132 valence electrons. The highest BCUT2D eigenvalue weighted by Crippen LogP contribution is 2.28. The summed E-state index contributed by atoms with van der Waals surface area (Å²) in [5.74, 6) is -2.58. The van der Waals surface area contributed by atoms with E-state index in [4.69, 9.17) is 5.11 Å². The van der Waals surface area contributed by atoms with E-state index in [1.165, 1.54) is 4.90 Å². The van der Waals surface area contributed by atoms with Crippen LogP contribution in [0.5, 0.6) is 0 Å². The van der Waals surface area contributed by atoms with Crippen LogP contribution in [0, 0.1) is 11.6 Å². The van der Waals surface area contributed by atoms with Crippen molar-refractivity contribution in [3.8, 4) is 0 Å². The molecular formula is C15H18F2N2O4S. The summed E-state index contributed by atoms with van der Waals surface area (Å²) in [5.41, 5.74) is -0.395. The second-order valence-corrected chi connectivity index (χ2v) is 8.25. The number of rotatable bonds is 3. The number of fused-ring (bicyclic) bond motifs is 1. The number of aliphatic hydroxyl groups excluding tert-OH is 1. The Bertz CT molecular complexity index is 756. The molecule has 0 saturated carbocycles. The molecule has 24 heavy (non-hydrogen) atoms. The summed E-state index contributed by atoms with van der Waals surface area (Å²) in [6, 6.07) is 1.58. The summed E-state index contributed by atoms with van der Waals surface area (Å²) in [4.78, 5) is 15.8. The molecule has 1 aromatic rings. The Balaban J connectivity index is 1.91. The summed E-state index contributed by atoms with van der Waals surface area (Å²) >= 11 is 0. The number of carbonyl (C=O) groups is 1. The van der Waals surface area contributed by atoms with Crippen molar-refractivity contribution in [2.45, 2.75) is 12.1 Å². The van der Waals surface area contributed by atoms with Crippen LogP contribution in [0.15, 0.2) is 18.2 Å². The first-order chi connectivity index (χ1) is 11.3. The van der Waals surface area contributed by atoms with Gasteiger partial charge in [0.25, 0.3) is 5.91 Å². The zero-order chi connectivity index (χ0) is 17.5. The van der Waals surface area contributed by atoms with E-state index in [-0.39, 0.29) is 24.7 Å². The molecule has 0 radical (unpaired) electrons. The minimum absolute atomic E-state index is 0.104. The van der Waals surface area contributed by atoms with Crippen molar-refractivity contribution in [1.82, 2.24) is 9.80 Å². The lowest BCUT2D eigenvalue weighted by Crippen LogP contribution is -2.61. The lowest BCUT2D eigenvalue weighted by atomic mass is 10.0. The Morgan fingerprint density at radius 3 is 2.62 bits per heavy atom. The van der Waals surface area contributed by atoms with Gasteiger partial charge in [0.15, 0.2) is 9.84 Å². The first-order valence-electron chi connectivity index (χ1n) is 7.64. The van der Waals surface area contributed by atoms with E-state index < -0.39 is 45.0 Å². The van der Waals surface area contributed by atoms with E-state index in [9.17, 15) is 22.0 Å². The number of hydrogen-bond acceptors (Lipinski definition) is 5. The van der Waals surface area contributed by atoms with E-state index in [2.05, 4.69) is 0 Å². The smallest absolute Gasteiger partial charge is 0.257 e. The van der Waals surface area contributed by atoms with E-state index >= 15 is 0 Å². The summed E-state index contributed by atoms with van der Waals surface area (Å²) in [7, 11) is -3.33. The molecule has 3 rings (SSSR count). The van der Waals surface area contributed by atoms with Crippen LogP contribution in [-0.2, 0) is 9.84 Å². The molecular weight excluding hydrogens is 342 g/mol. The topological polar surface area (TPSA) is 77.9 Å². The molecule has 1 aromatic carbocycles. The summed E-state index contributed by atoms with van der Waals surface area (Å²) < 4.78 is 51.3. The zero-order valence-corrected chi connectivity index (χ0v) is 13.7. The SMILES string of the molecule is O=C(c1cc(F)ccc1F)N1CCN(CCO)[C@H]2CS(=O)(=O)C[C@H]21. The number of aliphatic hydroxyl groups is 1. The fourth-order valence-corrected chi connectivity index (χ4v) is 5.51. The number of benzene rings is 1. The molecule has 0 aromatic heterocycles. The van der Waals surface area contributed by atoms with Crippen molar-refractivity contribution < 1.29 is 27.1 Å². The molecule has 0 unspecified atom stereocenters. The lowest BCUT2D eigenvalue weighted by molar-refractivity contribution is 0.0277. The standard InChI is InChI=1S/C15H18F2N2O4S/c16-10-1-2-12(17)11(7-10)15(21)19-4-3-18(5-6-20)13-8-24(22,23)9-14(13)19/h1-2,7,13-14,20H,3-6,8-9H2/t13-,14+/m0/s1. The van der Waals surface area contributed by atoms with Crippen LogP contribution in [0.4, 0.5) is 8.78 Å². The van der Waals surface area contributed by atoms with Crippen LogP contribution in [-0.4, -0.2) is 79.1 Å². The molecule has 2 saturated heterocycles. The van der Waals surface area contributed by atoms with Gasteiger partial charge in [0.05, 0.1) is 29.7 Å². The van der Waals surface area contributed by atoms with Gasteiger partial charge in [-0.2, -0.15) is 0 Å². The number of piperazine rings is 1. The van der Waals surface area contributed by atoms with Gasteiger partial charge in [-0.25, -0.2) is 17.2 Å². The maximum absolute atomic E-state index is 13.9. The van der Waals surface area contributed by atoms with Crippen molar-refractivity contribution in [2.75, 3.05) is 37.7 Å². The van der Waals surface area contributed by atoms with Gasteiger partial charge in [0.1, 0.15) is 11.6 Å². The van der Waals surface area contributed by atoms with Gasteiger partial charge in [-0.3, -0.25) is 9.69 Å². The van der Waals surface area contributed by atoms with Gasteiger partial charge in [-0.05, 0) is 18.2 Å². The van der Waals surface area contributed by atoms with Gasteiger partial charge in [0, 0.05) is 25.7 Å². The molecule has 2 aliphatic heterocycles. The summed E-state index contributed by atoms with van der Waals surface area (Å²) in [6.45, 7) is 0.772. The van der Waals surface area contributed by atoms with Gasteiger partial charge >= 0.3 is 0 Å². The lowest BCUT2D eigenvalue weighted by Gasteiger charge is -2.43. The number of halogens is 2. The van der Waals surface area contributed by atoms with Crippen molar-refractivity contribution in [1.29, 1.82) is 0 Å². The average Bonchev–Trinajstić information content (AvgIpc) is 2.85. The summed E-state index contributed by atoms with van der Waals surface area (Å²) in [6.07, 6.45) is 0. The van der Waals surface area contributed by atoms with E-state index in [1.54, 1.807) is 0 Å². The molecule has 0 bridgehead atoms. The Morgan fingerprint density at radius 1 is 1.21 bits per heavy atom. The van der Waals surface area contributed by atoms with Crippen LogP contribution < -0.4 is 0 Å². The Morgan fingerprint density at radius 2 is 1.92 bits per heavy atom. The molecule has 1 N–H and O–H groups in total. The van der Waals surface area contributed by atoms with E-state index in [1.807, 2.05) is 4.90 Å². The minimum atomic E-state index is -3.33. The molecule has 2 fully saturated rings. The van der Waals surface area contributed by atoms with Gasteiger partial charge < -0.3 is 10.0 Å². The van der Waals surface area contributed by atoms with Crippen molar-refractivity contribution in [3.63, 3.8) is 0 Å². The maximum atomic E-state index is 13.9. The minimum Gasteiger partial charge on any atom is -0.395 e. The van der Waals surface area contributed by atoms with Crippen molar-refractivity contribution >= 4 is 15.7 Å². The fourth-order valence-electron chi connectivity index (χ4n) is 3.50. The zero-order valence-electron chi connectivity index (χ0n) is 12.9. The second-order valence-electron chi connectivity index (χ2n) is 6.09. The molecule has 0 spiro atoms. The van der Waals surface area contributed by atoms with Crippen LogP contribution in [0.1, 0.15) is 10.4 Å². The molecule has 6 nitrogen and oxygen atoms in total. The number of nitrogens with zero attached hydrogens (tertiary/aromatic N) is 2. The Labute approximate surface area is 138 Å². The first-order valence-corrected chi connectivity index (χ1v) is 9.46. The highest BCUT2D eigenvalue weighted by atomic mass is 32.2. The van der Waals surface area contributed by atoms with Gasteiger partial charge in [-0.15, -0.1) is 0 Å². The quantitative estimate of drug-likeness (QED) is 0.813. The van der Waals surface area contributed by atoms with E-state index in [0.29, 0.717) is 13.1 Å². The molecule has 2 heterocycles. The number of hydrogen-bond donors (Lipinski definition) is 1. The Hall–Kier alpha value is -1.58. The molecule has 2 atom stereocenters. The molecule has 2 aliphatic rings. The fraction of sp³-hybridized carbons (Fsp3) is 0.533. The van der Waals surface area contributed by atoms with Crippen LogP contribution in [0.2, 0.25) is 0 Å². The van der Waals surface area contributed by atoms with Crippen molar-refractivity contribution in [3.05, 3.63) is 35.4 Å². The Kier molecular flexibility index (Phi) is 4.58. The number of amides is 1. The molecule has 9 heteroatoms. The highest BCUT2D eigenvalue weighted by molar-refractivity contribution is 7.91. The molecule has 1 amide bonds. The highest BCUT2D eigenvalue weighted by Gasteiger charge is 2.48.